The van der Waals surface area contributed by atoms with Crippen molar-refractivity contribution in [2.75, 3.05) is 26.2 Å². The summed E-state index contributed by atoms with van der Waals surface area (Å²) in [5.74, 6) is 0.318. The van der Waals surface area contributed by atoms with Gasteiger partial charge in [0.25, 0.3) is 5.91 Å². The number of pyridine rings is 2. The molecule has 1 saturated heterocycles. The number of piperazine rings is 1. The van der Waals surface area contributed by atoms with Crippen LogP contribution in [0.1, 0.15) is 65.5 Å². The fraction of sp³-hybridized carbons (Fsp3) is 0.448. The highest BCUT2D eigenvalue weighted by Crippen LogP contribution is 2.38. The summed E-state index contributed by atoms with van der Waals surface area (Å²) in [5, 5.41) is 1.63. The summed E-state index contributed by atoms with van der Waals surface area (Å²) in [6, 6.07) is 9.74. The second-order valence-corrected chi connectivity index (χ2v) is 10.5. The molecule has 1 unspecified atom stereocenters. The molecule has 8 heteroatoms. The first-order valence-corrected chi connectivity index (χ1v) is 13.5. The number of aryl methyl sites for hydroxylation is 1. The summed E-state index contributed by atoms with van der Waals surface area (Å²) in [6.45, 7) is 7.73. The Bertz CT molecular complexity index is 1340. The molecule has 1 aromatic carbocycles. The van der Waals surface area contributed by atoms with Gasteiger partial charge < -0.3 is 14.5 Å². The second-order valence-electron chi connectivity index (χ2n) is 10.2. The molecule has 0 bridgehead atoms. The summed E-state index contributed by atoms with van der Waals surface area (Å²) in [4.78, 5) is 38.6. The number of benzene rings is 1. The fourth-order valence-corrected chi connectivity index (χ4v) is 5.86. The zero-order valence-corrected chi connectivity index (χ0v) is 22.4. The number of carbonyl (C=O) groups is 2. The first-order valence-electron chi connectivity index (χ1n) is 13.1. The molecule has 37 heavy (non-hydrogen) atoms. The lowest BCUT2D eigenvalue weighted by Crippen LogP contribution is -2.55. The van der Waals surface area contributed by atoms with Gasteiger partial charge in [-0.25, -0.2) is 4.79 Å². The summed E-state index contributed by atoms with van der Waals surface area (Å²) >= 11 is 6.87. The van der Waals surface area contributed by atoms with Crippen molar-refractivity contribution < 1.29 is 14.3 Å². The van der Waals surface area contributed by atoms with E-state index in [1.54, 1.807) is 4.90 Å². The Labute approximate surface area is 222 Å². The number of halogens is 1. The van der Waals surface area contributed by atoms with E-state index in [4.69, 9.17) is 21.3 Å². The van der Waals surface area contributed by atoms with E-state index in [9.17, 15) is 9.59 Å². The van der Waals surface area contributed by atoms with Gasteiger partial charge in [-0.2, -0.15) is 0 Å². The summed E-state index contributed by atoms with van der Waals surface area (Å²) in [6.07, 6.45) is 5.07. The van der Waals surface area contributed by atoms with Crippen LogP contribution in [-0.4, -0.2) is 64.1 Å². The number of ether oxygens (including phenoxy) is 1. The Hall–Kier alpha value is -3.19. The average Bonchev–Trinajstić information content (AvgIpc) is 2.90. The molecule has 0 saturated carbocycles. The molecule has 0 radical (unpaired) electrons. The van der Waals surface area contributed by atoms with Gasteiger partial charge in [-0.3, -0.25) is 14.8 Å². The minimum Gasteiger partial charge on any atom is -0.449 e. The van der Waals surface area contributed by atoms with Gasteiger partial charge in [0.1, 0.15) is 0 Å². The monoisotopic (exact) mass is 520 g/mol. The van der Waals surface area contributed by atoms with Gasteiger partial charge in [0.05, 0.1) is 17.1 Å². The molecule has 194 valence electrons. The zero-order valence-electron chi connectivity index (χ0n) is 21.7. The Morgan fingerprint density at radius 3 is 2.78 bits per heavy atom. The van der Waals surface area contributed by atoms with Crippen LogP contribution in [-0.2, 0) is 17.6 Å². The standard InChI is InChI=1S/C29H33ClN4O3/c1-4-13-37-29(36)33-11-12-34(19(3)17-33)28(35)22-6-8-24-26(16-22)32-25-15-20(5-7-23(25)27(24)30)21-9-10-31-18(2)14-21/h6,8-10,14,16,19-20H,4-5,7,11-13,15,17H2,1-3H3/t19-,20?/m1/s1. The number of amides is 2. The third kappa shape index (κ3) is 5.14. The lowest BCUT2D eigenvalue weighted by Gasteiger charge is -2.39. The molecule has 2 amide bonds. The van der Waals surface area contributed by atoms with Crippen LogP contribution in [0.4, 0.5) is 4.79 Å². The number of fused-ring (bicyclic) bond motifs is 2. The Kier molecular flexibility index (Phi) is 7.33. The highest BCUT2D eigenvalue weighted by Gasteiger charge is 2.31. The Morgan fingerprint density at radius 1 is 1.19 bits per heavy atom. The van der Waals surface area contributed by atoms with Crippen molar-refractivity contribution in [2.45, 2.75) is 58.4 Å². The number of nitrogens with zero attached hydrogens (tertiary/aromatic N) is 4. The molecule has 1 aliphatic heterocycles. The predicted molar refractivity (Wildman–Crippen MR) is 144 cm³/mol. The molecule has 2 aliphatic rings. The topological polar surface area (TPSA) is 75.6 Å². The summed E-state index contributed by atoms with van der Waals surface area (Å²) in [7, 11) is 0. The van der Waals surface area contributed by atoms with Gasteiger partial charge in [0.15, 0.2) is 0 Å². The van der Waals surface area contributed by atoms with Crippen LogP contribution in [0.5, 0.6) is 0 Å². The van der Waals surface area contributed by atoms with E-state index in [0.29, 0.717) is 37.7 Å². The molecular formula is C29H33ClN4O3. The number of rotatable bonds is 4. The normalized spacial score (nSPS) is 19.6. The predicted octanol–water partition coefficient (Wildman–Crippen LogP) is 5.56. The first-order chi connectivity index (χ1) is 17.9. The van der Waals surface area contributed by atoms with Crippen LogP contribution >= 0.6 is 11.6 Å². The van der Waals surface area contributed by atoms with Crippen LogP contribution < -0.4 is 0 Å². The minimum atomic E-state index is -0.310. The fourth-order valence-electron chi connectivity index (χ4n) is 5.50. The molecule has 3 heterocycles. The van der Waals surface area contributed by atoms with Gasteiger partial charge in [-0.05, 0) is 80.8 Å². The van der Waals surface area contributed by atoms with Crippen LogP contribution in [0.2, 0.25) is 5.02 Å². The van der Waals surface area contributed by atoms with E-state index in [0.717, 1.165) is 58.6 Å². The van der Waals surface area contributed by atoms with Gasteiger partial charge >= 0.3 is 6.09 Å². The van der Waals surface area contributed by atoms with E-state index < -0.39 is 0 Å². The molecule has 2 aromatic heterocycles. The van der Waals surface area contributed by atoms with Gasteiger partial charge in [-0.15, -0.1) is 0 Å². The molecule has 1 fully saturated rings. The highest BCUT2D eigenvalue weighted by molar-refractivity contribution is 6.36. The molecule has 3 aromatic rings. The zero-order chi connectivity index (χ0) is 26.1. The van der Waals surface area contributed by atoms with E-state index in [1.807, 2.05) is 50.1 Å². The molecule has 2 atom stereocenters. The molecular weight excluding hydrogens is 488 g/mol. The van der Waals surface area contributed by atoms with Crippen molar-refractivity contribution >= 4 is 34.5 Å². The van der Waals surface area contributed by atoms with Gasteiger partial charge in [0.2, 0.25) is 0 Å². The number of hydrogen-bond donors (Lipinski definition) is 0. The molecule has 5 rings (SSSR count). The van der Waals surface area contributed by atoms with Gasteiger partial charge in [-0.1, -0.05) is 24.6 Å². The molecule has 7 nitrogen and oxygen atoms in total. The third-order valence-electron chi connectivity index (χ3n) is 7.50. The van der Waals surface area contributed by atoms with Crippen molar-refractivity contribution in [3.05, 3.63) is 69.6 Å². The van der Waals surface area contributed by atoms with Gasteiger partial charge in [0, 0.05) is 54.2 Å². The van der Waals surface area contributed by atoms with Crippen LogP contribution in [0.3, 0.4) is 0 Å². The third-order valence-corrected chi connectivity index (χ3v) is 7.93. The SMILES string of the molecule is CCCOC(=O)N1CCN(C(=O)c2ccc3c(Cl)c4c(nc3c2)CC(c2ccnc(C)c2)CC4)[C@H](C)C1. The van der Waals surface area contributed by atoms with Crippen LogP contribution in [0, 0.1) is 6.92 Å². The van der Waals surface area contributed by atoms with E-state index >= 15 is 0 Å². The maximum Gasteiger partial charge on any atom is 0.409 e. The van der Waals surface area contributed by atoms with E-state index in [2.05, 4.69) is 17.1 Å². The Balaban J connectivity index is 1.36. The van der Waals surface area contributed by atoms with Crippen molar-refractivity contribution in [1.29, 1.82) is 0 Å². The van der Waals surface area contributed by atoms with E-state index in [-0.39, 0.29) is 18.0 Å². The quantitative estimate of drug-likeness (QED) is 0.450. The summed E-state index contributed by atoms with van der Waals surface area (Å²) < 4.78 is 5.27. The van der Waals surface area contributed by atoms with Crippen molar-refractivity contribution in [3.63, 3.8) is 0 Å². The highest BCUT2D eigenvalue weighted by atomic mass is 35.5. The lowest BCUT2D eigenvalue weighted by molar-refractivity contribution is 0.0414. The molecule has 0 N–H and O–H groups in total. The minimum absolute atomic E-state index is 0.0586. The maximum atomic E-state index is 13.5. The second kappa shape index (κ2) is 10.7. The summed E-state index contributed by atoms with van der Waals surface area (Å²) in [5.41, 5.74) is 5.77. The van der Waals surface area contributed by atoms with Crippen molar-refractivity contribution in [2.24, 2.45) is 0 Å². The smallest absolute Gasteiger partial charge is 0.409 e. The van der Waals surface area contributed by atoms with Crippen molar-refractivity contribution in [3.8, 4) is 0 Å². The van der Waals surface area contributed by atoms with Crippen LogP contribution in [0.15, 0.2) is 36.5 Å². The Morgan fingerprint density at radius 2 is 2.03 bits per heavy atom. The van der Waals surface area contributed by atoms with E-state index in [1.165, 1.54) is 5.56 Å². The van der Waals surface area contributed by atoms with Crippen molar-refractivity contribution in [1.82, 2.24) is 19.8 Å². The largest absolute Gasteiger partial charge is 0.449 e. The molecule has 1 aliphatic carbocycles. The number of hydrogen-bond acceptors (Lipinski definition) is 5. The molecule has 0 spiro atoms. The maximum absolute atomic E-state index is 13.5. The van der Waals surface area contributed by atoms with Crippen LogP contribution in [0.25, 0.3) is 10.9 Å². The average molecular weight is 521 g/mol. The first kappa shape index (κ1) is 25.5. The number of carbonyl (C=O) groups excluding carboxylic acids is 2. The number of aromatic nitrogens is 2. The lowest BCUT2D eigenvalue weighted by atomic mass is 9.82.